The van der Waals surface area contributed by atoms with Gasteiger partial charge < -0.3 is 21.1 Å². The number of hydrogen-bond donors (Lipinski definition) is 3. The first-order chi connectivity index (χ1) is 19.6. The molecular weight excluding hydrogens is 512 g/mol. The van der Waals surface area contributed by atoms with E-state index in [1.54, 1.807) is 6.20 Å². The van der Waals surface area contributed by atoms with E-state index >= 15 is 0 Å². The van der Waals surface area contributed by atoms with E-state index in [1.165, 1.54) is 0 Å². The van der Waals surface area contributed by atoms with Crippen molar-refractivity contribution in [2.75, 3.05) is 12.4 Å². The monoisotopic (exact) mass is 554 g/mol. The lowest BCUT2D eigenvalue weighted by molar-refractivity contribution is -0.132. The summed E-state index contributed by atoms with van der Waals surface area (Å²) in [5, 5.41) is 13.3. The normalized spacial score (nSPS) is 25.7. The molecule has 2 saturated carbocycles. The van der Waals surface area contributed by atoms with Gasteiger partial charge in [-0.3, -0.25) is 14.6 Å². The van der Waals surface area contributed by atoms with Crippen LogP contribution in [0.2, 0.25) is 0 Å². The molecule has 7 nitrogen and oxygen atoms in total. The average molecular weight is 555 g/mol. The van der Waals surface area contributed by atoms with Gasteiger partial charge in [0.25, 0.3) is 0 Å². The summed E-state index contributed by atoms with van der Waals surface area (Å²) in [5.74, 6) is 0.498. The van der Waals surface area contributed by atoms with Gasteiger partial charge in [-0.25, -0.2) is 0 Å². The number of rotatable bonds is 8. The Labute approximate surface area is 243 Å². The molecule has 2 fully saturated rings. The van der Waals surface area contributed by atoms with E-state index in [0.29, 0.717) is 37.3 Å². The van der Waals surface area contributed by atoms with Gasteiger partial charge in [-0.1, -0.05) is 61.5 Å². The van der Waals surface area contributed by atoms with E-state index in [9.17, 15) is 14.7 Å². The summed E-state index contributed by atoms with van der Waals surface area (Å²) in [6, 6.07) is 20.5. The van der Waals surface area contributed by atoms with Crippen molar-refractivity contribution in [3.8, 4) is 22.4 Å². The Morgan fingerprint density at radius 3 is 2.29 bits per heavy atom. The summed E-state index contributed by atoms with van der Waals surface area (Å²) in [4.78, 5) is 31.8. The fraction of sp³-hybridized carbons (Fsp3) is 0.441. The number of benzene rings is 2. The van der Waals surface area contributed by atoms with Gasteiger partial charge in [0.2, 0.25) is 11.8 Å². The Hall–Kier alpha value is -3.55. The Kier molecular flexibility index (Phi) is 8.30. The van der Waals surface area contributed by atoms with Crippen LogP contribution in [0.25, 0.3) is 22.4 Å². The summed E-state index contributed by atoms with van der Waals surface area (Å²) in [6.45, 7) is 3.72. The van der Waals surface area contributed by atoms with E-state index in [2.05, 4.69) is 5.32 Å². The SMILES string of the molecule is CCC(=O)N(C)C1CCC(CC(=O)Nc2cnc(-c3ccc(C4(N)CC(C)(O)C4)cc3)c(-c3ccccc3)c2)CC1. The van der Waals surface area contributed by atoms with E-state index in [1.807, 2.05) is 86.5 Å². The third kappa shape index (κ3) is 6.52. The molecule has 0 saturated heterocycles. The van der Waals surface area contributed by atoms with Crippen molar-refractivity contribution in [2.45, 2.75) is 82.4 Å². The second kappa shape index (κ2) is 11.7. The minimum absolute atomic E-state index is 0.00557. The highest BCUT2D eigenvalue weighted by Gasteiger charge is 2.49. The Morgan fingerprint density at radius 2 is 1.68 bits per heavy atom. The summed E-state index contributed by atoms with van der Waals surface area (Å²) < 4.78 is 0. The van der Waals surface area contributed by atoms with Crippen molar-refractivity contribution in [3.05, 3.63) is 72.4 Å². The average Bonchev–Trinajstić information content (AvgIpc) is 2.96. The van der Waals surface area contributed by atoms with Gasteiger partial charge in [-0.2, -0.15) is 0 Å². The van der Waals surface area contributed by atoms with Crippen molar-refractivity contribution in [1.29, 1.82) is 0 Å². The predicted octanol–water partition coefficient (Wildman–Crippen LogP) is 5.87. The lowest BCUT2D eigenvalue weighted by atomic mass is 9.63. The molecule has 2 aliphatic carbocycles. The number of carbonyl (C=O) groups is 2. The molecule has 0 spiro atoms. The molecule has 2 aliphatic rings. The molecule has 0 atom stereocenters. The van der Waals surface area contributed by atoms with Crippen LogP contribution in [0.5, 0.6) is 0 Å². The van der Waals surface area contributed by atoms with Gasteiger partial charge in [0.05, 0.1) is 23.2 Å². The first-order valence-corrected chi connectivity index (χ1v) is 14.8. The fourth-order valence-electron chi connectivity index (χ4n) is 6.74. The van der Waals surface area contributed by atoms with Crippen LogP contribution in [-0.2, 0) is 15.1 Å². The third-order valence-corrected chi connectivity index (χ3v) is 8.92. The Bertz CT molecular complexity index is 1370. The molecule has 4 N–H and O–H groups in total. The second-order valence-electron chi connectivity index (χ2n) is 12.4. The minimum atomic E-state index is -0.707. The van der Waals surface area contributed by atoms with Crippen LogP contribution >= 0.6 is 0 Å². The largest absolute Gasteiger partial charge is 0.390 e. The Morgan fingerprint density at radius 1 is 1.02 bits per heavy atom. The van der Waals surface area contributed by atoms with Crippen molar-refractivity contribution >= 4 is 17.5 Å². The van der Waals surface area contributed by atoms with Gasteiger partial charge in [0, 0.05) is 42.6 Å². The molecule has 0 aliphatic heterocycles. The summed E-state index contributed by atoms with van der Waals surface area (Å²) in [7, 11) is 1.90. The quantitative estimate of drug-likeness (QED) is 0.323. The molecular formula is C34H42N4O3. The molecule has 0 unspecified atom stereocenters. The van der Waals surface area contributed by atoms with E-state index in [0.717, 1.165) is 53.6 Å². The zero-order chi connectivity index (χ0) is 29.2. The molecule has 5 rings (SSSR count). The molecule has 1 aromatic heterocycles. The molecule has 2 amide bonds. The van der Waals surface area contributed by atoms with Crippen LogP contribution in [0.15, 0.2) is 66.9 Å². The maximum atomic E-state index is 13.0. The van der Waals surface area contributed by atoms with Crippen molar-refractivity contribution in [3.63, 3.8) is 0 Å². The molecule has 41 heavy (non-hydrogen) atoms. The topological polar surface area (TPSA) is 109 Å². The second-order valence-corrected chi connectivity index (χ2v) is 12.4. The predicted molar refractivity (Wildman–Crippen MR) is 163 cm³/mol. The highest BCUT2D eigenvalue weighted by atomic mass is 16.3. The fourth-order valence-corrected chi connectivity index (χ4v) is 6.74. The number of amides is 2. The zero-order valence-corrected chi connectivity index (χ0v) is 24.4. The van der Waals surface area contributed by atoms with Crippen molar-refractivity contribution in [2.24, 2.45) is 11.7 Å². The van der Waals surface area contributed by atoms with Gasteiger partial charge >= 0.3 is 0 Å². The highest BCUT2D eigenvalue weighted by Crippen LogP contribution is 2.46. The summed E-state index contributed by atoms with van der Waals surface area (Å²) in [5.41, 5.74) is 10.8. The number of aromatic nitrogens is 1. The molecule has 3 aromatic rings. The number of nitrogens with two attached hydrogens (primary N) is 1. The van der Waals surface area contributed by atoms with Crippen LogP contribution < -0.4 is 11.1 Å². The van der Waals surface area contributed by atoms with E-state index in [4.69, 9.17) is 10.7 Å². The number of aliphatic hydroxyl groups is 1. The van der Waals surface area contributed by atoms with Crippen LogP contribution in [0.1, 0.15) is 70.8 Å². The maximum Gasteiger partial charge on any atom is 0.224 e. The van der Waals surface area contributed by atoms with Crippen molar-refractivity contribution in [1.82, 2.24) is 9.88 Å². The van der Waals surface area contributed by atoms with Crippen LogP contribution in [-0.4, -0.2) is 45.5 Å². The zero-order valence-electron chi connectivity index (χ0n) is 24.4. The smallest absolute Gasteiger partial charge is 0.224 e. The number of anilines is 1. The van der Waals surface area contributed by atoms with E-state index in [-0.39, 0.29) is 17.9 Å². The van der Waals surface area contributed by atoms with Crippen LogP contribution in [0.3, 0.4) is 0 Å². The number of pyridine rings is 1. The molecule has 7 heteroatoms. The van der Waals surface area contributed by atoms with Gasteiger partial charge in [0.1, 0.15) is 0 Å². The third-order valence-electron chi connectivity index (χ3n) is 8.92. The summed E-state index contributed by atoms with van der Waals surface area (Å²) in [6.07, 6.45) is 7.58. The molecule has 2 aromatic carbocycles. The molecule has 216 valence electrons. The minimum Gasteiger partial charge on any atom is -0.390 e. The van der Waals surface area contributed by atoms with Gasteiger partial charge in [0.15, 0.2) is 0 Å². The number of carbonyl (C=O) groups excluding carboxylic acids is 2. The number of hydrogen-bond acceptors (Lipinski definition) is 5. The van der Waals surface area contributed by atoms with Crippen LogP contribution in [0.4, 0.5) is 5.69 Å². The number of nitrogens with zero attached hydrogens (tertiary/aromatic N) is 2. The highest BCUT2D eigenvalue weighted by molar-refractivity contribution is 5.93. The molecule has 0 bridgehead atoms. The molecule has 1 heterocycles. The first-order valence-electron chi connectivity index (χ1n) is 14.8. The summed E-state index contributed by atoms with van der Waals surface area (Å²) >= 11 is 0. The number of nitrogens with one attached hydrogen (secondary N) is 1. The molecule has 0 radical (unpaired) electrons. The maximum absolute atomic E-state index is 13.0. The van der Waals surface area contributed by atoms with Crippen LogP contribution in [0, 0.1) is 5.92 Å². The van der Waals surface area contributed by atoms with Crippen molar-refractivity contribution < 1.29 is 14.7 Å². The standard InChI is InChI=1S/C34H42N4O3/c1-4-31(40)38(3)28-16-10-23(11-17-28)18-30(39)37-27-19-29(24-8-6-5-7-9-24)32(36-20-27)25-12-14-26(15-13-25)34(35)21-33(2,41)22-34/h5-9,12-15,19-20,23,28,41H,4,10-11,16-18,21-22,35H2,1-3H3,(H,37,39). The lowest BCUT2D eigenvalue weighted by Crippen LogP contribution is -2.58. The Balaban J connectivity index is 1.29. The van der Waals surface area contributed by atoms with E-state index < -0.39 is 11.1 Å². The first kappa shape index (κ1) is 29.0. The van der Waals surface area contributed by atoms with Gasteiger partial charge in [-0.05, 0) is 68.6 Å². The lowest BCUT2D eigenvalue weighted by Gasteiger charge is -2.49. The van der Waals surface area contributed by atoms with Gasteiger partial charge in [-0.15, -0.1) is 0 Å².